The maximum atomic E-state index is 12.0. The van der Waals surface area contributed by atoms with Crippen molar-refractivity contribution in [2.45, 2.75) is 70.8 Å². The van der Waals surface area contributed by atoms with Gasteiger partial charge in [0.15, 0.2) is 0 Å². The summed E-state index contributed by atoms with van der Waals surface area (Å²) in [5, 5.41) is 0. The van der Waals surface area contributed by atoms with Crippen molar-refractivity contribution in [3.05, 3.63) is 18.7 Å². The van der Waals surface area contributed by atoms with E-state index in [-0.39, 0.29) is 12.4 Å². The molecule has 0 fully saturated rings. The predicted octanol–water partition coefficient (Wildman–Crippen LogP) is 0.574. The minimum absolute atomic E-state index is 0. The van der Waals surface area contributed by atoms with Crippen molar-refractivity contribution < 1.29 is 25.4 Å². The van der Waals surface area contributed by atoms with E-state index in [1.807, 2.05) is 10.8 Å². The molecule has 0 saturated carbocycles. The molecule has 148 valence electrons. The van der Waals surface area contributed by atoms with Gasteiger partial charge in [0.05, 0.1) is 6.54 Å². The van der Waals surface area contributed by atoms with E-state index >= 15 is 0 Å². The Morgan fingerprint density at radius 3 is 1.88 bits per heavy atom. The Labute approximate surface area is 165 Å². The number of hydrogen-bond acceptors (Lipinski definition) is 2. The largest absolute Gasteiger partial charge is 1.00 e. The van der Waals surface area contributed by atoms with Gasteiger partial charge in [-0.25, -0.2) is 4.57 Å². The molecule has 0 bridgehead atoms. The van der Waals surface area contributed by atoms with E-state index in [1.165, 1.54) is 73.7 Å². The average molecular weight is 414 g/mol. The maximum Gasteiger partial charge on any atom is 0.379 e. The van der Waals surface area contributed by atoms with E-state index in [4.69, 9.17) is 11.6 Å². The van der Waals surface area contributed by atoms with Gasteiger partial charge in [0.1, 0.15) is 12.4 Å². The first kappa shape index (κ1) is 24.7. The molecule has 0 amide bonds. The summed E-state index contributed by atoms with van der Waals surface area (Å²) >= 11 is 5.66. The summed E-state index contributed by atoms with van der Waals surface area (Å²) in [6, 6.07) is 0. The molecular formula is C17H33Cl2N3O2S. The van der Waals surface area contributed by atoms with Crippen LogP contribution >= 0.6 is 11.6 Å². The minimum Gasteiger partial charge on any atom is -1.00 e. The van der Waals surface area contributed by atoms with Crippen LogP contribution in [0.3, 0.4) is 0 Å². The van der Waals surface area contributed by atoms with Crippen molar-refractivity contribution in [1.82, 2.24) is 8.28 Å². The summed E-state index contributed by atoms with van der Waals surface area (Å²) in [5.74, 6) is 0.794. The third kappa shape index (κ3) is 9.83. The number of nitrogens with zero attached hydrogens (tertiary/aromatic N) is 3. The van der Waals surface area contributed by atoms with Crippen LogP contribution in [-0.4, -0.2) is 36.7 Å². The smallest absolute Gasteiger partial charge is 0.379 e. The SMILES string of the molecule is CN(C)S(=O)(=O)n1cc[n+](CCCCCCCCCCCCCl)c1.[Cl-]. The Bertz CT molecular complexity index is 548. The van der Waals surface area contributed by atoms with Crippen LogP contribution in [0.25, 0.3) is 0 Å². The lowest BCUT2D eigenvalue weighted by Crippen LogP contribution is -3.00. The molecule has 1 heterocycles. The molecule has 5 nitrogen and oxygen atoms in total. The zero-order valence-electron chi connectivity index (χ0n) is 15.5. The van der Waals surface area contributed by atoms with Crippen LogP contribution in [0.4, 0.5) is 0 Å². The number of aryl methyl sites for hydroxylation is 1. The highest BCUT2D eigenvalue weighted by atomic mass is 35.5. The van der Waals surface area contributed by atoms with Gasteiger partial charge in [0, 0.05) is 20.0 Å². The van der Waals surface area contributed by atoms with Gasteiger partial charge in [-0.05, 0) is 19.3 Å². The summed E-state index contributed by atoms with van der Waals surface area (Å²) in [6.45, 7) is 0.869. The molecular weight excluding hydrogens is 381 g/mol. The molecule has 0 aliphatic carbocycles. The lowest BCUT2D eigenvalue weighted by atomic mass is 10.1. The first-order valence-corrected chi connectivity index (χ1v) is 11.0. The summed E-state index contributed by atoms with van der Waals surface area (Å²) in [4.78, 5) is 0. The zero-order chi connectivity index (χ0) is 17.8. The first-order valence-electron chi connectivity index (χ1n) is 9.04. The molecule has 25 heavy (non-hydrogen) atoms. The molecule has 0 radical (unpaired) electrons. The standard InChI is InChI=1S/C17H33ClN3O2S.ClH/c1-19(2)24(22,23)21-16-15-20(17-21)14-12-10-8-6-4-3-5-7-9-11-13-18;/h15-17H,3-14H2,1-2H3;1H/q+1;/p-1. The lowest BCUT2D eigenvalue weighted by molar-refractivity contribution is -0.696. The van der Waals surface area contributed by atoms with Gasteiger partial charge in [-0.15, -0.1) is 15.6 Å². The van der Waals surface area contributed by atoms with Crippen molar-refractivity contribution in [3.8, 4) is 0 Å². The molecule has 1 aromatic heterocycles. The van der Waals surface area contributed by atoms with E-state index < -0.39 is 10.2 Å². The second-order valence-electron chi connectivity index (χ2n) is 6.50. The second kappa shape index (κ2) is 13.8. The van der Waals surface area contributed by atoms with Crippen molar-refractivity contribution in [1.29, 1.82) is 0 Å². The number of hydrogen-bond donors (Lipinski definition) is 0. The highest BCUT2D eigenvalue weighted by molar-refractivity contribution is 7.87. The highest BCUT2D eigenvalue weighted by Gasteiger charge is 2.22. The fraction of sp³-hybridized carbons (Fsp3) is 0.824. The highest BCUT2D eigenvalue weighted by Crippen LogP contribution is 2.11. The number of alkyl halides is 1. The van der Waals surface area contributed by atoms with Crippen molar-refractivity contribution in [2.24, 2.45) is 0 Å². The molecule has 0 unspecified atom stereocenters. The van der Waals surface area contributed by atoms with Crippen LogP contribution in [0.5, 0.6) is 0 Å². The number of halogens is 2. The molecule has 0 aliphatic rings. The zero-order valence-corrected chi connectivity index (χ0v) is 17.9. The van der Waals surface area contributed by atoms with E-state index in [9.17, 15) is 8.42 Å². The molecule has 0 atom stereocenters. The van der Waals surface area contributed by atoms with Gasteiger partial charge >= 0.3 is 10.2 Å². The van der Waals surface area contributed by atoms with Crippen LogP contribution in [0.1, 0.15) is 64.2 Å². The van der Waals surface area contributed by atoms with E-state index in [0.717, 1.165) is 25.3 Å². The van der Waals surface area contributed by atoms with E-state index in [1.54, 1.807) is 12.5 Å². The Kier molecular flexibility index (Phi) is 13.7. The number of unbranched alkanes of at least 4 members (excludes halogenated alkanes) is 9. The Hall–Kier alpha value is -0.300. The molecule has 0 aliphatic heterocycles. The molecule has 0 spiro atoms. The van der Waals surface area contributed by atoms with Gasteiger partial charge in [0.25, 0.3) is 6.33 Å². The molecule has 1 rings (SSSR count). The molecule has 0 aromatic carbocycles. The molecule has 8 heteroatoms. The summed E-state index contributed by atoms with van der Waals surface area (Å²) in [6.07, 6.45) is 17.6. The number of rotatable bonds is 14. The normalized spacial score (nSPS) is 11.7. The summed E-state index contributed by atoms with van der Waals surface area (Å²) in [7, 11) is -0.310. The summed E-state index contributed by atoms with van der Waals surface area (Å²) < 4.78 is 28.4. The average Bonchev–Trinajstić information content (AvgIpc) is 3.02. The van der Waals surface area contributed by atoms with Crippen molar-refractivity contribution in [3.63, 3.8) is 0 Å². The third-order valence-corrected chi connectivity index (χ3v) is 6.13. The summed E-state index contributed by atoms with van der Waals surface area (Å²) in [5.41, 5.74) is 0. The molecule has 0 N–H and O–H groups in total. The van der Waals surface area contributed by atoms with Crippen LogP contribution in [-0.2, 0) is 16.8 Å². The van der Waals surface area contributed by atoms with Crippen LogP contribution in [0.2, 0.25) is 0 Å². The van der Waals surface area contributed by atoms with Crippen LogP contribution in [0.15, 0.2) is 18.7 Å². The fourth-order valence-electron chi connectivity index (χ4n) is 2.63. The number of aromatic nitrogens is 2. The Morgan fingerprint density at radius 2 is 1.40 bits per heavy atom. The monoisotopic (exact) mass is 413 g/mol. The Balaban J connectivity index is 0.00000576. The van der Waals surface area contributed by atoms with Gasteiger partial charge in [-0.3, -0.25) is 0 Å². The predicted molar refractivity (Wildman–Crippen MR) is 99.5 cm³/mol. The molecule has 0 saturated heterocycles. The minimum atomic E-state index is -3.39. The second-order valence-corrected chi connectivity index (χ2v) is 8.92. The van der Waals surface area contributed by atoms with E-state index in [0.29, 0.717) is 0 Å². The van der Waals surface area contributed by atoms with Gasteiger partial charge < -0.3 is 12.4 Å². The maximum absolute atomic E-state index is 12.0. The Morgan fingerprint density at radius 1 is 0.920 bits per heavy atom. The van der Waals surface area contributed by atoms with Gasteiger partial charge in [0.2, 0.25) is 0 Å². The first-order chi connectivity index (χ1) is 11.5. The van der Waals surface area contributed by atoms with E-state index in [2.05, 4.69) is 0 Å². The van der Waals surface area contributed by atoms with Crippen LogP contribution < -0.4 is 17.0 Å². The van der Waals surface area contributed by atoms with Crippen molar-refractivity contribution in [2.75, 3.05) is 20.0 Å². The van der Waals surface area contributed by atoms with Gasteiger partial charge in [-0.1, -0.05) is 44.9 Å². The topological polar surface area (TPSA) is 46.2 Å². The quantitative estimate of drug-likeness (QED) is 0.254. The van der Waals surface area contributed by atoms with Gasteiger partial charge in [-0.2, -0.15) is 12.7 Å². The van der Waals surface area contributed by atoms with Crippen molar-refractivity contribution >= 4 is 21.8 Å². The van der Waals surface area contributed by atoms with Crippen LogP contribution in [0, 0.1) is 0 Å². The number of imidazole rings is 1. The third-order valence-electron chi connectivity index (χ3n) is 4.19. The lowest BCUT2D eigenvalue weighted by Gasteiger charge is -2.05. The molecule has 1 aromatic rings. The fourth-order valence-corrected chi connectivity index (χ4v) is 3.65.